The quantitative estimate of drug-likeness (QED) is 0.579. The molecule has 2 heterocycles. The van der Waals surface area contributed by atoms with Crippen molar-refractivity contribution in [1.29, 1.82) is 0 Å². The fraction of sp³-hybridized carbons (Fsp3) is 0.353. The largest absolute Gasteiger partial charge is 0.467 e. The third-order valence-electron chi connectivity index (χ3n) is 3.98. The summed E-state index contributed by atoms with van der Waals surface area (Å²) in [5, 5.41) is 5.28. The minimum absolute atomic E-state index is 0.0136. The summed E-state index contributed by atoms with van der Waals surface area (Å²) in [4.78, 5) is 0. The van der Waals surface area contributed by atoms with E-state index >= 15 is 0 Å². The first-order valence-corrected chi connectivity index (χ1v) is 10.8. The van der Waals surface area contributed by atoms with Crippen molar-refractivity contribution in [3.05, 3.63) is 46.8 Å². The van der Waals surface area contributed by atoms with Crippen LogP contribution >= 0.6 is 23.6 Å². The Morgan fingerprint density at radius 3 is 2.96 bits per heavy atom. The van der Waals surface area contributed by atoms with Crippen molar-refractivity contribution in [3.63, 3.8) is 0 Å². The number of thiocarbonyl (C=S) groups is 1. The van der Waals surface area contributed by atoms with E-state index in [1.165, 1.54) is 22.5 Å². The van der Waals surface area contributed by atoms with Gasteiger partial charge in [-0.05, 0) is 60.6 Å². The molecule has 0 saturated carbocycles. The maximum absolute atomic E-state index is 12.1. The number of anilines is 1. The topological polar surface area (TPSA) is 67.4 Å². The van der Waals surface area contributed by atoms with Crippen LogP contribution in [0.15, 0.2) is 39.9 Å². The van der Waals surface area contributed by atoms with E-state index in [2.05, 4.69) is 16.1 Å². The van der Waals surface area contributed by atoms with Crippen molar-refractivity contribution in [2.45, 2.75) is 36.5 Å². The third kappa shape index (κ3) is 4.58. The second kappa shape index (κ2) is 7.82. The molecule has 25 heavy (non-hydrogen) atoms. The van der Waals surface area contributed by atoms with Gasteiger partial charge in [0.2, 0.25) is 10.0 Å². The molecule has 0 fully saturated rings. The molecule has 0 spiro atoms. The van der Waals surface area contributed by atoms with Gasteiger partial charge in [-0.3, -0.25) is 0 Å². The fourth-order valence-electron chi connectivity index (χ4n) is 2.85. The lowest BCUT2D eigenvalue weighted by atomic mass is 9.97. The predicted molar refractivity (Wildman–Crippen MR) is 105 cm³/mol. The monoisotopic (exact) mass is 396 g/mol. The Balaban J connectivity index is 1.63. The second-order valence-electron chi connectivity index (χ2n) is 5.92. The summed E-state index contributed by atoms with van der Waals surface area (Å²) in [6.07, 6.45) is 2.30. The molecule has 5 nitrogen and oxygen atoms in total. The number of ether oxygens (including phenoxy) is 1. The minimum atomic E-state index is -3.39. The van der Waals surface area contributed by atoms with Crippen LogP contribution in [-0.2, 0) is 27.6 Å². The zero-order valence-electron chi connectivity index (χ0n) is 13.8. The Bertz CT molecular complexity index is 848. The van der Waals surface area contributed by atoms with E-state index < -0.39 is 10.0 Å². The van der Waals surface area contributed by atoms with Gasteiger partial charge >= 0.3 is 0 Å². The molecule has 0 amide bonds. The predicted octanol–water partition coefficient (Wildman–Crippen LogP) is 3.32. The van der Waals surface area contributed by atoms with Crippen LogP contribution in [0.3, 0.4) is 0 Å². The molecule has 2 aromatic rings. The molecule has 2 N–H and O–H groups in total. The Kier molecular flexibility index (Phi) is 5.73. The van der Waals surface area contributed by atoms with Crippen molar-refractivity contribution >= 4 is 44.4 Å². The average molecular weight is 397 g/mol. The number of hydrogen-bond acceptors (Lipinski definition) is 5. The van der Waals surface area contributed by atoms with E-state index in [4.69, 9.17) is 17.0 Å². The molecule has 1 unspecified atom stereocenters. The van der Waals surface area contributed by atoms with Crippen molar-refractivity contribution in [2.75, 3.05) is 11.9 Å². The van der Waals surface area contributed by atoms with Crippen molar-refractivity contribution in [3.8, 4) is 0 Å². The summed E-state index contributed by atoms with van der Waals surface area (Å²) < 4.78 is 32.8. The molecule has 1 aromatic carbocycles. The van der Waals surface area contributed by atoms with Gasteiger partial charge in [0.15, 0.2) is 0 Å². The van der Waals surface area contributed by atoms with E-state index in [-0.39, 0.29) is 6.10 Å². The van der Waals surface area contributed by atoms with Crippen molar-refractivity contribution in [2.24, 2.45) is 0 Å². The Hall–Kier alpha value is -1.48. The lowest BCUT2D eigenvalue weighted by Gasteiger charge is -2.13. The molecule has 8 heteroatoms. The highest BCUT2D eigenvalue weighted by atomic mass is 32.2. The van der Waals surface area contributed by atoms with E-state index in [0.717, 1.165) is 24.9 Å². The highest BCUT2D eigenvalue weighted by molar-refractivity contribution is 7.91. The molecular weight excluding hydrogens is 376 g/mol. The van der Waals surface area contributed by atoms with Crippen LogP contribution in [0, 0.1) is 0 Å². The molecule has 0 saturated heterocycles. The molecule has 1 atom stereocenters. The fourth-order valence-corrected chi connectivity index (χ4v) is 5.24. The summed E-state index contributed by atoms with van der Waals surface area (Å²) in [6.45, 7) is 2.40. The van der Waals surface area contributed by atoms with E-state index in [9.17, 15) is 8.42 Å². The summed E-state index contributed by atoms with van der Waals surface area (Å²) >= 11 is 6.39. The molecular formula is C17H20N2O3S3. The number of thiophene rings is 1. The first kappa shape index (κ1) is 18.3. The van der Waals surface area contributed by atoms with Gasteiger partial charge < -0.3 is 10.1 Å². The Morgan fingerprint density at radius 2 is 2.20 bits per heavy atom. The van der Waals surface area contributed by atoms with E-state index in [0.29, 0.717) is 15.9 Å². The first-order valence-electron chi connectivity index (χ1n) is 8.07. The number of aryl methyl sites for hydroxylation is 1. The summed E-state index contributed by atoms with van der Waals surface area (Å²) in [5.74, 6) is 0. The number of sulfonamides is 1. The van der Waals surface area contributed by atoms with Gasteiger partial charge in [0.25, 0.3) is 5.17 Å². The molecule has 0 radical (unpaired) electrons. The van der Waals surface area contributed by atoms with E-state index in [1.807, 2.05) is 19.1 Å². The summed E-state index contributed by atoms with van der Waals surface area (Å²) in [7, 11) is -3.39. The van der Waals surface area contributed by atoms with Gasteiger partial charge in [-0.1, -0.05) is 18.2 Å². The molecule has 1 aliphatic rings. The molecule has 1 aromatic heterocycles. The maximum Gasteiger partial charge on any atom is 0.261 e. The standard InChI is InChI=1S/C17H20N2O3S3/c1-12-11-14-13(5-2-7-15(14)19-17(23)22-12)6-3-9-18-25(20,21)16-8-4-10-24-16/h2,4-5,7-8,10,12,18H,3,6,9,11H2,1H3,(H,19,23). The molecule has 3 rings (SSSR count). The second-order valence-corrected chi connectivity index (χ2v) is 9.23. The Morgan fingerprint density at radius 1 is 1.36 bits per heavy atom. The number of benzene rings is 1. The number of fused-ring (bicyclic) bond motifs is 1. The van der Waals surface area contributed by atoms with Gasteiger partial charge in [-0.15, -0.1) is 11.3 Å². The highest BCUT2D eigenvalue weighted by Crippen LogP contribution is 2.26. The van der Waals surface area contributed by atoms with Crippen LogP contribution in [0.5, 0.6) is 0 Å². The molecule has 1 aliphatic heterocycles. The normalized spacial score (nSPS) is 17.3. The zero-order valence-corrected chi connectivity index (χ0v) is 16.3. The van der Waals surface area contributed by atoms with Crippen LogP contribution in [0.2, 0.25) is 0 Å². The van der Waals surface area contributed by atoms with Crippen molar-refractivity contribution < 1.29 is 13.2 Å². The van der Waals surface area contributed by atoms with Gasteiger partial charge in [0.05, 0.1) is 0 Å². The maximum atomic E-state index is 12.1. The van der Waals surface area contributed by atoms with Crippen LogP contribution < -0.4 is 10.0 Å². The summed E-state index contributed by atoms with van der Waals surface area (Å²) in [5.41, 5.74) is 3.36. The minimum Gasteiger partial charge on any atom is -0.467 e. The SMILES string of the molecule is CC1Cc2c(CCCNS(=O)(=O)c3cccs3)cccc2NC(=S)O1. The molecule has 134 valence electrons. The summed E-state index contributed by atoms with van der Waals surface area (Å²) in [6, 6.07) is 9.40. The number of nitrogens with one attached hydrogen (secondary N) is 2. The van der Waals surface area contributed by atoms with Gasteiger partial charge in [-0.25, -0.2) is 13.1 Å². The van der Waals surface area contributed by atoms with Crippen LogP contribution in [-0.4, -0.2) is 26.2 Å². The Labute approximate surface area is 157 Å². The number of hydrogen-bond donors (Lipinski definition) is 2. The smallest absolute Gasteiger partial charge is 0.261 e. The lowest BCUT2D eigenvalue weighted by molar-refractivity contribution is 0.217. The van der Waals surface area contributed by atoms with Gasteiger partial charge in [0.1, 0.15) is 10.3 Å². The van der Waals surface area contributed by atoms with Crippen LogP contribution in [0.4, 0.5) is 5.69 Å². The first-order chi connectivity index (χ1) is 12.0. The van der Waals surface area contributed by atoms with E-state index in [1.54, 1.807) is 17.5 Å². The van der Waals surface area contributed by atoms with Gasteiger partial charge in [-0.2, -0.15) is 0 Å². The van der Waals surface area contributed by atoms with Crippen LogP contribution in [0.1, 0.15) is 24.5 Å². The third-order valence-corrected chi connectivity index (χ3v) is 7.04. The average Bonchev–Trinajstić information content (AvgIpc) is 3.04. The highest BCUT2D eigenvalue weighted by Gasteiger charge is 2.19. The molecule has 0 aliphatic carbocycles. The van der Waals surface area contributed by atoms with Gasteiger partial charge in [0, 0.05) is 18.7 Å². The lowest BCUT2D eigenvalue weighted by Crippen LogP contribution is -2.24. The number of rotatable bonds is 6. The van der Waals surface area contributed by atoms with Crippen LogP contribution in [0.25, 0.3) is 0 Å². The zero-order chi connectivity index (χ0) is 17.9. The van der Waals surface area contributed by atoms with Crippen molar-refractivity contribution in [1.82, 2.24) is 4.72 Å². The molecule has 0 bridgehead atoms.